The topological polar surface area (TPSA) is 29.1 Å². The van der Waals surface area contributed by atoms with Crippen LogP contribution in [0, 0.1) is 0 Å². The Morgan fingerprint density at radius 2 is 2.36 bits per heavy atom. The average Bonchev–Trinajstić information content (AvgIpc) is 2.60. The van der Waals surface area contributed by atoms with Crippen molar-refractivity contribution in [3.63, 3.8) is 0 Å². The first-order valence-electron chi connectivity index (χ1n) is 4.85. The summed E-state index contributed by atoms with van der Waals surface area (Å²) in [6, 6.07) is 6.13. The predicted octanol–water partition coefficient (Wildman–Crippen LogP) is 2.64. The summed E-state index contributed by atoms with van der Waals surface area (Å²) in [5, 5.41) is 0.287. The molecule has 1 unspecified atom stereocenters. The van der Waals surface area contributed by atoms with Gasteiger partial charge in [0.2, 0.25) is 0 Å². The summed E-state index contributed by atoms with van der Waals surface area (Å²) in [6.07, 6.45) is 2.18. The van der Waals surface area contributed by atoms with E-state index >= 15 is 0 Å². The first-order valence-corrected chi connectivity index (χ1v) is 7.61. The molecule has 14 heavy (non-hydrogen) atoms. The number of thiol groups is 1. The van der Waals surface area contributed by atoms with Crippen LogP contribution in [0.2, 0.25) is 0 Å². The van der Waals surface area contributed by atoms with Gasteiger partial charge in [-0.05, 0) is 46.7 Å². The van der Waals surface area contributed by atoms with Crippen LogP contribution in [-0.2, 0) is 10.1 Å². The molecule has 0 bridgehead atoms. The van der Waals surface area contributed by atoms with Crippen LogP contribution in [0.4, 0.5) is 5.69 Å². The van der Waals surface area contributed by atoms with Crippen LogP contribution in [0.25, 0.3) is 0 Å². The van der Waals surface area contributed by atoms with Crippen LogP contribution >= 0.6 is 15.9 Å². The van der Waals surface area contributed by atoms with E-state index in [9.17, 15) is 4.21 Å². The summed E-state index contributed by atoms with van der Waals surface area (Å²) in [5.41, 5.74) is 2.33. The van der Waals surface area contributed by atoms with Crippen LogP contribution < -0.4 is 4.72 Å². The zero-order valence-electron chi connectivity index (χ0n) is 7.66. The Labute approximate surface area is 92.8 Å². The zero-order valence-corrected chi connectivity index (χ0v) is 10.1. The van der Waals surface area contributed by atoms with Crippen LogP contribution in [-0.4, -0.2) is 9.96 Å². The lowest BCUT2D eigenvalue weighted by Crippen LogP contribution is -2.20. The van der Waals surface area contributed by atoms with Crippen molar-refractivity contribution in [3.8, 4) is 0 Å². The number of hydrogen-bond acceptors (Lipinski definition) is 1. The molecule has 2 aliphatic heterocycles. The minimum atomic E-state index is -2.10. The molecule has 2 aliphatic rings. The van der Waals surface area contributed by atoms with Crippen molar-refractivity contribution in [1.29, 1.82) is 0 Å². The second-order valence-electron chi connectivity index (χ2n) is 4.02. The monoisotopic (exact) mass is 273 g/mol. The van der Waals surface area contributed by atoms with Gasteiger partial charge in [-0.3, -0.25) is 4.21 Å². The third-order valence-electron chi connectivity index (χ3n) is 3.15. The van der Waals surface area contributed by atoms with Gasteiger partial charge in [0.15, 0.2) is 0 Å². The molecule has 1 aromatic carbocycles. The Morgan fingerprint density at radius 3 is 3.21 bits per heavy atom. The van der Waals surface area contributed by atoms with Crippen molar-refractivity contribution in [2.75, 3.05) is 10.5 Å². The summed E-state index contributed by atoms with van der Waals surface area (Å²) >= 11 is 3.46. The minimum absolute atomic E-state index is 0.287. The molecular formula is C10H12BrNOS. The smallest absolute Gasteiger partial charge is 0.0553 e. The van der Waals surface area contributed by atoms with Crippen LogP contribution in [0.5, 0.6) is 0 Å². The van der Waals surface area contributed by atoms with Crippen LogP contribution in [0.3, 0.4) is 0 Å². The van der Waals surface area contributed by atoms with Gasteiger partial charge in [-0.1, -0.05) is 15.9 Å². The van der Waals surface area contributed by atoms with Gasteiger partial charge in [-0.2, -0.15) is 0 Å². The molecule has 1 fully saturated rings. The summed E-state index contributed by atoms with van der Waals surface area (Å²) in [6.45, 7) is 0. The number of anilines is 1. The number of benzene rings is 1. The zero-order chi connectivity index (χ0) is 9.76. The number of hydrogen-bond donors (Lipinski definition) is 2. The number of rotatable bonds is 0. The summed E-state index contributed by atoms with van der Waals surface area (Å²) in [5.74, 6) is 0.865. The number of fused-ring (bicyclic) bond motifs is 3. The van der Waals surface area contributed by atoms with Gasteiger partial charge in [0, 0.05) is 15.9 Å². The lowest BCUT2D eigenvalue weighted by Gasteiger charge is -2.17. The standard InChI is InChI=1S/C10H12BrNOS/c11-7-3-4-9-8(6-7)10-2-1-5-14(10,13)12-9/h3-4,6,10,14H,1-2,5H2,(H,12,13). The van der Waals surface area contributed by atoms with Crippen LogP contribution in [0.1, 0.15) is 23.7 Å². The largest absolute Gasteiger partial charge is 0.326 e. The van der Waals surface area contributed by atoms with Gasteiger partial charge < -0.3 is 4.72 Å². The van der Waals surface area contributed by atoms with E-state index < -0.39 is 10.1 Å². The van der Waals surface area contributed by atoms with Crippen LogP contribution in [0.15, 0.2) is 22.7 Å². The molecule has 0 saturated carbocycles. The highest BCUT2D eigenvalue weighted by molar-refractivity contribution is 9.10. The fourth-order valence-electron chi connectivity index (χ4n) is 2.51. The summed E-state index contributed by atoms with van der Waals surface area (Å²) in [7, 11) is -2.10. The fraction of sp³-hybridized carbons (Fsp3) is 0.400. The molecule has 2 heterocycles. The lowest BCUT2D eigenvalue weighted by molar-refractivity contribution is 0.672. The molecule has 0 spiro atoms. The van der Waals surface area contributed by atoms with Crippen molar-refractivity contribution in [2.45, 2.75) is 18.1 Å². The highest BCUT2D eigenvalue weighted by Gasteiger charge is 2.40. The fourth-order valence-corrected chi connectivity index (χ4v) is 6.00. The Kier molecular flexibility index (Phi) is 1.80. The van der Waals surface area contributed by atoms with E-state index in [-0.39, 0.29) is 5.25 Å². The molecule has 0 amide bonds. The van der Waals surface area contributed by atoms with Crippen molar-refractivity contribution < 1.29 is 4.21 Å². The van der Waals surface area contributed by atoms with E-state index in [2.05, 4.69) is 26.7 Å². The SMILES string of the molecule is O=[SH]12CCCC1c1cc(Br)ccc1N2. The van der Waals surface area contributed by atoms with Gasteiger partial charge in [-0.25, -0.2) is 0 Å². The summed E-state index contributed by atoms with van der Waals surface area (Å²) in [4.78, 5) is 0. The van der Waals surface area contributed by atoms with E-state index in [4.69, 9.17) is 0 Å². The minimum Gasteiger partial charge on any atom is -0.326 e. The Balaban J connectivity index is 2.17. The molecule has 3 rings (SSSR count). The van der Waals surface area contributed by atoms with E-state index in [1.54, 1.807) is 0 Å². The highest BCUT2D eigenvalue weighted by Crippen LogP contribution is 2.49. The lowest BCUT2D eigenvalue weighted by atomic mass is 10.1. The maximum absolute atomic E-state index is 12.4. The molecule has 0 aliphatic carbocycles. The van der Waals surface area contributed by atoms with Gasteiger partial charge in [0.1, 0.15) is 0 Å². The maximum atomic E-state index is 12.4. The molecule has 0 aromatic heterocycles. The van der Waals surface area contributed by atoms with Crippen molar-refractivity contribution in [1.82, 2.24) is 0 Å². The Bertz CT molecular complexity index is 446. The summed E-state index contributed by atoms with van der Waals surface area (Å²) < 4.78 is 16.7. The van der Waals surface area contributed by atoms with E-state index in [0.717, 1.165) is 28.8 Å². The molecule has 1 saturated heterocycles. The van der Waals surface area contributed by atoms with Gasteiger partial charge in [0.25, 0.3) is 0 Å². The molecule has 1 N–H and O–H groups in total. The molecule has 4 heteroatoms. The van der Waals surface area contributed by atoms with Crippen molar-refractivity contribution in [2.24, 2.45) is 0 Å². The van der Waals surface area contributed by atoms with E-state index in [1.807, 2.05) is 12.1 Å². The normalized spacial score (nSPS) is 29.1. The van der Waals surface area contributed by atoms with Gasteiger partial charge >= 0.3 is 0 Å². The Morgan fingerprint density at radius 1 is 1.50 bits per heavy atom. The predicted molar refractivity (Wildman–Crippen MR) is 64.1 cm³/mol. The number of halogens is 1. The van der Waals surface area contributed by atoms with Gasteiger partial charge in [0.05, 0.1) is 5.25 Å². The Hall–Kier alpha value is -0.350. The van der Waals surface area contributed by atoms with Crippen molar-refractivity contribution >= 4 is 31.7 Å². The quantitative estimate of drug-likeness (QED) is 0.700. The maximum Gasteiger partial charge on any atom is 0.0553 e. The molecular weight excluding hydrogens is 262 g/mol. The third kappa shape index (κ3) is 1.10. The number of nitrogens with one attached hydrogen (secondary N) is 1. The average molecular weight is 274 g/mol. The van der Waals surface area contributed by atoms with E-state index in [0.29, 0.717) is 0 Å². The third-order valence-corrected chi connectivity index (χ3v) is 6.79. The molecule has 1 atom stereocenters. The second-order valence-corrected chi connectivity index (χ2v) is 7.82. The molecule has 0 radical (unpaired) electrons. The molecule has 1 aromatic rings. The molecule has 2 nitrogen and oxygen atoms in total. The first-order chi connectivity index (χ1) is 6.69. The van der Waals surface area contributed by atoms with Gasteiger partial charge in [-0.15, -0.1) is 0 Å². The second kappa shape index (κ2) is 2.83. The van der Waals surface area contributed by atoms with E-state index in [1.165, 1.54) is 5.56 Å². The van der Waals surface area contributed by atoms with Crippen molar-refractivity contribution in [3.05, 3.63) is 28.2 Å². The highest BCUT2D eigenvalue weighted by atomic mass is 79.9. The first kappa shape index (κ1) is 8.92. The molecule has 76 valence electrons.